The summed E-state index contributed by atoms with van der Waals surface area (Å²) in [7, 11) is 0. The molecule has 2 aromatic carbocycles. The van der Waals surface area contributed by atoms with Crippen LogP contribution in [0.15, 0.2) is 36.4 Å². The van der Waals surface area contributed by atoms with Gasteiger partial charge < -0.3 is 5.73 Å². The van der Waals surface area contributed by atoms with Crippen LogP contribution in [0.25, 0.3) is 0 Å². The number of carbonyl (C=O) groups excluding carboxylic acids is 1. The monoisotopic (exact) mass is 239 g/mol. The normalized spacial score (nSPS) is 10.4. The highest BCUT2D eigenvalue weighted by molar-refractivity contribution is 6.11. The lowest BCUT2D eigenvalue weighted by molar-refractivity contribution is 0.103. The van der Waals surface area contributed by atoms with E-state index in [0.29, 0.717) is 11.3 Å². The van der Waals surface area contributed by atoms with Crippen molar-refractivity contribution in [3.8, 4) is 0 Å². The zero-order valence-corrected chi connectivity index (χ0v) is 10.9. The first-order chi connectivity index (χ1) is 8.50. The van der Waals surface area contributed by atoms with Gasteiger partial charge in [0.1, 0.15) is 0 Å². The molecule has 0 aromatic heterocycles. The number of nitrogens with two attached hydrogens (primary N) is 1. The van der Waals surface area contributed by atoms with Gasteiger partial charge in [0.05, 0.1) is 0 Å². The Kier molecular flexibility index (Phi) is 3.19. The van der Waals surface area contributed by atoms with Crippen LogP contribution < -0.4 is 5.73 Å². The Hall–Kier alpha value is -2.09. The molecule has 0 bridgehead atoms. The molecule has 0 heterocycles. The second-order valence-corrected chi connectivity index (χ2v) is 4.67. The van der Waals surface area contributed by atoms with Gasteiger partial charge in [-0.25, -0.2) is 0 Å². The second-order valence-electron chi connectivity index (χ2n) is 4.67. The fraction of sp³-hybridized carbons (Fsp3) is 0.188. The summed E-state index contributed by atoms with van der Waals surface area (Å²) >= 11 is 0. The number of anilines is 1. The highest BCUT2D eigenvalue weighted by Crippen LogP contribution is 2.21. The van der Waals surface area contributed by atoms with Gasteiger partial charge in [-0.1, -0.05) is 35.9 Å². The Balaban J connectivity index is 2.51. The Labute approximate surface area is 107 Å². The molecule has 0 atom stereocenters. The molecule has 0 aliphatic rings. The SMILES string of the molecule is Cc1ccc(C(=O)c2cccc(N)c2C)c(C)c1. The molecule has 2 rings (SSSR count). The molecule has 2 aromatic rings. The van der Waals surface area contributed by atoms with Crippen LogP contribution in [-0.2, 0) is 0 Å². The average molecular weight is 239 g/mol. The summed E-state index contributed by atoms with van der Waals surface area (Å²) in [5.41, 5.74) is 10.9. The van der Waals surface area contributed by atoms with Crippen LogP contribution in [0.3, 0.4) is 0 Å². The minimum Gasteiger partial charge on any atom is -0.398 e. The highest BCUT2D eigenvalue weighted by atomic mass is 16.1. The number of carbonyl (C=O) groups is 1. The summed E-state index contributed by atoms with van der Waals surface area (Å²) in [4.78, 5) is 12.5. The molecule has 0 spiro atoms. The van der Waals surface area contributed by atoms with Gasteiger partial charge in [-0.3, -0.25) is 4.79 Å². The number of benzene rings is 2. The minimum absolute atomic E-state index is 0.0392. The molecule has 0 saturated carbocycles. The molecule has 2 nitrogen and oxygen atoms in total. The van der Waals surface area contributed by atoms with E-state index in [1.807, 2.05) is 57.2 Å². The first kappa shape index (κ1) is 12.4. The van der Waals surface area contributed by atoms with Gasteiger partial charge in [0.25, 0.3) is 0 Å². The fourth-order valence-corrected chi connectivity index (χ4v) is 2.11. The lowest BCUT2D eigenvalue weighted by Gasteiger charge is -2.10. The van der Waals surface area contributed by atoms with E-state index in [1.54, 1.807) is 0 Å². The molecule has 2 heteroatoms. The second kappa shape index (κ2) is 4.65. The van der Waals surface area contributed by atoms with Gasteiger partial charge in [0.15, 0.2) is 5.78 Å². The lowest BCUT2D eigenvalue weighted by Crippen LogP contribution is -2.07. The molecule has 0 aliphatic heterocycles. The third kappa shape index (κ3) is 2.14. The topological polar surface area (TPSA) is 43.1 Å². The van der Waals surface area contributed by atoms with E-state index in [-0.39, 0.29) is 5.78 Å². The van der Waals surface area contributed by atoms with E-state index >= 15 is 0 Å². The standard InChI is InChI=1S/C16H17NO/c1-10-7-8-13(11(2)9-10)16(18)14-5-4-6-15(17)12(14)3/h4-9H,17H2,1-3H3. The number of hydrogen-bond donors (Lipinski definition) is 1. The molecule has 0 radical (unpaired) electrons. The minimum atomic E-state index is 0.0392. The number of aryl methyl sites for hydroxylation is 2. The van der Waals surface area contributed by atoms with E-state index in [0.717, 1.165) is 22.3 Å². The van der Waals surface area contributed by atoms with Crippen LogP contribution >= 0.6 is 0 Å². The summed E-state index contributed by atoms with van der Waals surface area (Å²) in [5.74, 6) is 0.0392. The molecule has 0 saturated heterocycles. The predicted molar refractivity (Wildman–Crippen MR) is 74.9 cm³/mol. The Morgan fingerprint density at radius 3 is 2.39 bits per heavy atom. The van der Waals surface area contributed by atoms with Crippen LogP contribution in [0, 0.1) is 20.8 Å². The lowest BCUT2D eigenvalue weighted by atomic mass is 9.94. The molecule has 0 unspecified atom stereocenters. The fourth-order valence-electron chi connectivity index (χ4n) is 2.11. The smallest absolute Gasteiger partial charge is 0.193 e. The summed E-state index contributed by atoms with van der Waals surface area (Å²) in [5, 5.41) is 0. The van der Waals surface area contributed by atoms with E-state index in [4.69, 9.17) is 5.73 Å². The highest BCUT2D eigenvalue weighted by Gasteiger charge is 2.14. The van der Waals surface area contributed by atoms with E-state index in [2.05, 4.69) is 0 Å². The van der Waals surface area contributed by atoms with Gasteiger partial charge in [-0.2, -0.15) is 0 Å². The summed E-state index contributed by atoms with van der Waals surface area (Å²) in [6.07, 6.45) is 0. The zero-order chi connectivity index (χ0) is 13.3. The number of nitrogen functional groups attached to an aromatic ring is 1. The van der Waals surface area contributed by atoms with E-state index < -0.39 is 0 Å². The van der Waals surface area contributed by atoms with Crippen molar-refractivity contribution in [3.63, 3.8) is 0 Å². The van der Waals surface area contributed by atoms with E-state index in [1.165, 1.54) is 0 Å². The third-order valence-corrected chi connectivity index (χ3v) is 3.25. The van der Waals surface area contributed by atoms with Gasteiger partial charge in [0, 0.05) is 16.8 Å². The first-order valence-electron chi connectivity index (χ1n) is 5.97. The largest absolute Gasteiger partial charge is 0.398 e. The van der Waals surface area contributed by atoms with Crippen LogP contribution in [-0.4, -0.2) is 5.78 Å². The first-order valence-corrected chi connectivity index (χ1v) is 5.97. The van der Waals surface area contributed by atoms with Gasteiger partial charge in [0.2, 0.25) is 0 Å². The van der Waals surface area contributed by atoms with E-state index in [9.17, 15) is 4.79 Å². The van der Waals surface area contributed by atoms with Crippen molar-refractivity contribution < 1.29 is 4.79 Å². The zero-order valence-electron chi connectivity index (χ0n) is 10.9. The molecule has 0 aliphatic carbocycles. The number of hydrogen-bond acceptors (Lipinski definition) is 2. The van der Waals surface area contributed by atoms with Crippen LogP contribution in [0.5, 0.6) is 0 Å². The average Bonchev–Trinajstić information content (AvgIpc) is 2.32. The van der Waals surface area contributed by atoms with Crippen LogP contribution in [0.4, 0.5) is 5.69 Å². The molecule has 0 fully saturated rings. The maximum absolute atomic E-state index is 12.5. The summed E-state index contributed by atoms with van der Waals surface area (Å²) in [6, 6.07) is 11.3. The van der Waals surface area contributed by atoms with Gasteiger partial charge in [-0.05, 0) is 38.0 Å². The van der Waals surface area contributed by atoms with Crippen molar-refractivity contribution in [2.45, 2.75) is 20.8 Å². The molecule has 2 N–H and O–H groups in total. The quantitative estimate of drug-likeness (QED) is 0.644. The van der Waals surface area contributed by atoms with Crippen LogP contribution in [0.2, 0.25) is 0 Å². The van der Waals surface area contributed by atoms with Crippen molar-refractivity contribution in [2.75, 3.05) is 5.73 Å². The molecular weight excluding hydrogens is 222 g/mol. The molecule has 18 heavy (non-hydrogen) atoms. The number of rotatable bonds is 2. The predicted octanol–water partition coefficient (Wildman–Crippen LogP) is 3.43. The molecule has 0 amide bonds. The third-order valence-electron chi connectivity index (χ3n) is 3.25. The van der Waals surface area contributed by atoms with Crippen molar-refractivity contribution >= 4 is 11.5 Å². The Morgan fingerprint density at radius 1 is 1.00 bits per heavy atom. The number of ketones is 1. The van der Waals surface area contributed by atoms with Crippen molar-refractivity contribution in [1.82, 2.24) is 0 Å². The van der Waals surface area contributed by atoms with Crippen LogP contribution in [0.1, 0.15) is 32.6 Å². The van der Waals surface area contributed by atoms with Crippen molar-refractivity contribution in [3.05, 3.63) is 64.2 Å². The molecular formula is C16H17NO. The summed E-state index contributed by atoms with van der Waals surface area (Å²) in [6.45, 7) is 5.86. The Bertz CT molecular complexity index is 614. The Morgan fingerprint density at radius 2 is 1.72 bits per heavy atom. The van der Waals surface area contributed by atoms with Crippen molar-refractivity contribution in [1.29, 1.82) is 0 Å². The van der Waals surface area contributed by atoms with Gasteiger partial charge >= 0.3 is 0 Å². The maximum Gasteiger partial charge on any atom is 0.193 e. The van der Waals surface area contributed by atoms with Gasteiger partial charge in [-0.15, -0.1) is 0 Å². The summed E-state index contributed by atoms with van der Waals surface area (Å²) < 4.78 is 0. The maximum atomic E-state index is 12.5. The van der Waals surface area contributed by atoms with Crippen molar-refractivity contribution in [2.24, 2.45) is 0 Å². The molecule has 92 valence electrons.